The number of nitrogens with two attached hydrogens (primary N) is 1. The Bertz CT molecular complexity index is 1300. The molecule has 5 N–H and O–H groups in total. The number of aromatic nitrogens is 1. The number of pyridine rings is 1. The molecule has 0 fully saturated rings. The van der Waals surface area contributed by atoms with Gasteiger partial charge in [0.2, 0.25) is 0 Å². The quantitative estimate of drug-likeness (QED) is 0.320. The van der Waals surface area contributed by atoms with Gasteiger partial charge in [-0.2, -0.15) is 0 Å². The van der Waals surface area contributed by atoms with E-state index in [1.54, 1.807) is 18.2 Å². The fourth-order valence-corrected chi connectivity index (χ4v) is 3.27. The Balaban J connectivity index is 2.23. The van der Waals surface area contributed by atoms with E-state index in [9.17, 15) is 29.4 Å². The molecule has 0 atom stereocenters. The molecule has 0 aliphatic heterocycles. The number of rotatable bonds is 6. The summed E-state index contributed by atoms with van der Waals surface area (Å²) < 4.78 is 10.5. The van der Waals surface area contributed by atoms with Gasteiger partial charge in [-0.25, -0.2) is 14.4 Å². The third-order valence-corrected chi connectivity index (χ3v) is 4.68. The summed E-state index contributed by atoms with van der Waals surface area (Å²) in [5.74, 6) is -4.83. The van der Waals surface area contributed by atoms with Crippen molar-refractivity contribution in [3.8, 4) is 22.6 Å². The molecule has 3 aromatic rings. The van der Waals surface area contributed by atoms with Gasteiger partial charge < -0.3 is 30.4 Å². The van der Waals surface area contributed by atoms with E-state index in [0.29, 0.717) is 0 Å². The minimum absolute atomic E-state index is 0.0982. The van der Waals surface area contributed by atoms with Crippen LogP contribution in [-0.2, 0) is 0 Å². The van der Waals surface area contributed by atoms with Crippen LogP contribution in [0.3, 0.4) is 0 Å². The molecular weight excluding hydrogens is 444 g/mol. The molecular formula is C21H15ClN2O8. The number of hydrogen-bond donors (Lipinski definition) is 4. The van der Waals surface area contributed by atoms with E-state index in [2.05, 4.69) is 0 Å². The van der Waals surface area contributed by atoms with Crippen molar-refractivity contribution in [2.75, 3.05) is 12.8 Å². The highest BCUT2D eigenvalue weighted by atomic mass is 35.5. The zero-order valence-electron chi connectivity index (χ0n) is 16.3. The normalized spacial score (nSPS) is 10.4. The fourth-order valence-electron chi connectivity index (χ4n) is 3.02. The minimum Gasteiger partial charge on any atom is -0.493 e. The van der Waals surface area contributed by atoms with Crippen LogP contribution in [0.4, 0.5) is 5.82 Å². The summed E-state index contributed by atoms with van der Waals surface area (Å²) in [5.41, 5.74) is 2.68. The Morgan fingerprint density at radius 3 is 2.22 bits per heavy atom. The number of nitrogen functional groups attached to an aromatic ring is 1. The maximum atomic E-state index is 12.4. The number of carboxylic acid groups (broad SMARTS) is 2. The molecule has 0 spiro atoms. The van der Waals surface area contributed by atoms with E-state index in [-0.39, 0.29) is 27.6 Å². The number of carboxylic acids is 2. The van der Waals surface area contributed by atoms with Crippen molar-refractivity contribution in [2.45, 2.75) is 0 Å². The van der Waals surface area contributed by atoms with E-state index in [4.69, 9.17) is 26.8 Å². The molecule has 0 aliphatic rings. The number of hydrogen-bond acceptors (Lipinski definition) is 7. The fraction of sp³-hybridized carbons (Fsp3) is 0.0476. The number of ether oxygens (including phenoxy) is 2. The van der Waals surface area contributed by atoms with Crippen molar-refractivity contribution in [1.82, 2.24) is 4.98 Å². The minimum atomic E-state index is -1.68. The maximum absolute atomic E-state index is 12.4. The van der Waals surface area contributed by atoms with Gasteiger partial charge in [0.05, 0.1) is 17.7 Å². The largest absolute Gasteiger partial charge is 0.493 e. The summed E-state index contributed by atoms with van der Waals surface area (Å²) in [7, 11) is 1.23. The van der Waals surface area contributed by atoms with Crippen LogP contribution in [0.1, 0.15) is 31.1 Å². The van der Waals surface area contributed by atoms with Crippen molar-refractivity contribution in [3.63, 3.8) is 0 Å². The molecule has 0 bridgehead atoms. The molecule has 164 valence electrons. The van der Waals surface area contributed by atoms with Gasteiger partial charge >= 0.3 is 17.9 Å². The Morgan fingerprint density at radius 1 is 1.03 bits per heavy atom. The van der Waals surface area contributed by atoms with Crippen molar-refractivity contribution in [1.29, 1.82) is 0 Å². The van der Waals surface area contributed by atoms with Gasteiger partial charge in [-0.1, -0.05) is 29.8 Å². The first-order valence-electron chi connectivity index (χ1n) is 8.83. The van der Waals surface area contributed by atoms with Gasteiger partial charge in [0.15, 0.2) is 11.5 Å². The Kier molecular flexibility index (Phi) is 6.17. The molecule has 3 rings (SSSR count). The number of benzene rings is 2. The second-order valence-electron chi connectivity index (χ2n) is 6.35. The first-order valence-corrected chi connectivity index (χ1v) is 9.21. The number of halogens is 1. The van der Waals surface area contributed by atoms with E-state index < -0.39 is 46.0 Å². The highest BCUT2D eigenvalue weighted by Gasteiger charge is 2.28. The third kappa shape index (κ3) is 4.12. The monoisotopic (exact) mass is 458 g/mol. The zero-order chi connectivity index (χ0) is 23.6. The lowest BCUT2D eigenvalue weighted by Gasteiger charge is -2.16. The van der Waals surface area contributed by atoms with E-state index in [1.165, 1.54) is 25.3 Å². The van der Waals surface area contributed by atoms with Crippen LogP contribution in [0.15, 0.2) is 47.3 Å². The highest BCUT2D eigenvalue weighted by molar-refractivity contribution is 6.33. The van der Waals surface area contributed by atoms with Crippen LogP contribution in [0, 0.1) is 0 Å². The Labute approximate surface area is 184 Å². The summed E-state index contributed by atoms with van der Waals surface area (Å²) >= 11 is 6.27. The van der Waals surface area contributed by atoms with E-state index in [0.717, 1.165) is 6.07 Å². The summed E-state index contributed by atoms with van der Waals surface area (Å²) in [4.78, 5) is 50.1. The number of methoxy groups -OCH3 is 1. The lowest BCUT2D eigenvalue weighted by Crippen LogP contribution is -2.24. The molecule has 1 heterocycles. The SMILES string of the molecule is COc1cc(-c2c(C(=O)O)c(N)[nH]c(=O)c2C(=O)O)cc(Cl)c1OC(=O)c1ccccc1. The van der Waals surface area contributed by atoms with Crippen LogP contribution >= 0.6 is 11.6 Å². The van der Waals surface area contributed by atoms with Crippen LogP contribution in [0.2, 0.25) is 5.02 Å². The van der Waals surface area contributed by atoms with E-state index >= 15 is 0 Å². The number of carbonyl (C=O) groups excluding carboxylic acids is 1. The second kappa shape index (κ2) is 8.82. The molecule has 10 nitrogen and oxygen atoms in total. The smallest absolute Gasteiger partial charge is 0.343 e. The number of H-pyrrole nitrogens is 1. The molecule has 0 amide bonds. The summed E-state index contributed by atoms with van der Waals surface area (Å²) in [6.07, 6.45) is 0. The summed E-state index contributed by atoms with van der Waals surface area (Å²) in [6, 6.07) is 10.4. The standard InChI is InChI=1S/C21H15ClN2O8/c1-31-12-8-10(7-11(22)16(12)32-21(30)9-5-3-2-4-6-9)13-14(19(26)27)17(23)24-18(25)15(13)20(28)29/h2-8H,1H3,(H,26,27)(H,28,29)(H3,23,24,25). The van der Waals surface area contributed by atoms with Crippen molar-refractivity contribution >= 4 is 35.3 Å². The van der Waals surface area contributed by atoms with Gasteiger partial charge in [-0.05, 0) is 29.8 Å². The van der Waals surface area contributed by atoms with E-state index in [1.807, 2.05) is 4.98 Å². The molecule has 11 heteroatoms. The van der Waals surface area contributed by atoms with Gasteiger partial charge in [0.25, 0.3) is 5.56 Å². The van der Waals surface area contributed by atoms with Crippen molar-refractivity contribution < 1.29 is 34.1 Å². The number of nitrogens with one attached hydrogen (secondary N) is 1. The Hall–Kier alpha value is -4.31. The number of esters is 1. The Morgan fingerprint density at radius 2 is 1.66 bits per heavy atom. The van der Waals surface area contributed by atoms with Gasteiger partial charge in [-0.3, -0.25) is 4.79 Å². The zero-order valence-corrected chi connectivity index (χ0v) is 17.1. The molecule has 0 saturated heterocycles. The van der Waals surface area contributed by atoms with Crippen LogP contribution in [-0.4, -0.2) is 40.2 Å². The molecule has 0 unspecified atom stereocenters. The lowest BCUT2D eigenvalue weighted by atomic mass is 9.95. The van der Waals surface area contributed by atoms with Crippen molar-refractivity contribution in [3.05, 3.63) is 74.5 Å². The number of carbonyl (C=O) groups is 3. The van der Waals surface area contributed by atoms with Gasteiger partial charge in [0.1, 0.15) is 16.9 Å². The summed E-state index contributed by atoms with van der Waals surface area (Å²) in [6.45, 7) is 0. The lowest BCUT2D eigenvalue weighted by molar-refractivity contribution is 0.0693. The van der Waals surface area contributed by atoms with Crippen molar-refractivity contribution in [2.24, 2.45) is 0 Å². The number of aromatic carboxylic acids is 2. The highest BCUT2D eigenvalue weighted by Crippen LogP contribution is 2.41. The van der Waals surface area contributed by atoms with Gasteiger partial charge in [0, 0.05) is 5.56 Å². The first kappa shape index (κ1) is 22.4. The molecule has 0 aliphatic carbocycles. The molecule has 1 aromatic heterocycles. The second-order valence-corrected chi connectivity index (χ2v) is 6.76. The number of aromatic amines is 1. The van der Waals surface area contributed by atoms with Crippen LogP contribution in [0.25, 0.3) is 11.1 Å². The average Bonchev–Trinajstić information content (AvgIpc) is 2.74. The molecule has 2 aromatic carbocycles. The first-order chi connectivity index (χ1) is 15.1. The van der Waals surface area contributed by atoms with Gasteiger partial charge in [-0.15, -0.1) is 0 Å². The predicted octanol–water partition coefficient (Wildman–Crippen LogP) is 2.90. The summed E-state index contributed by atoms with van der Waals surface area (Å²) in [5, 5.41) is 18.9. The maximum Gasteiger partial charge on any atom is 0.343 e. The predicted molar refractivity (Wildman–Crippen MR) is 114 cm³/mol. The third-order valence-electron chi connectivity index (χ3n) is 4.39. The van der Waals surface area contributed by atoms with Crippen LogP contribution in [0.5, 0.6) is 11.5 Å². The molecule has 32 heavy (non-hydrogen) atoms. The van der Waals surface area contributed by atoms with Crippen LogP contribution < -0.4 is 20.8 Å². The topological polar surface area (TPSA) is 169 Å². The molecule has 0 radical (unpaired) electrons. The molecule has 0 saturated carbocycles. The number of anilines is 1. The average molecular weight is 459 g/mol.